The fourth-order valence-corrected chi connectivity index (χ4v) is 0. The van der Waals surface area contributed by atoms with Gasteiger partial charge in [0.2, 0.25) is 0 Å². The van der Waals surface area contributed by atoms with Crippen LogP contribution < -0.4 is 0 Å². The molecule has 0 bridgehead atoms. The molecule has 0 aromatic heterocycles. The first-order valence-corrected chi connectivity index (χ1v) is 2.58. The predicted molar refractivity (Wildman–Crippen MR) is 1.37 cm³/mol. The van der Waals surface area contributed by atoms with E-state index in [1.807, 2.05) is 0 Å². The van der Waals surface area contributed by atoms with Crippen molar-refractivity contribution in [3.8, 4) is 0 Å². The zero-order chi connectivity index (χ0) is 4.00. The van der Waals surface area contributed by atoms with Gasteiger partial charge in [-0.1, -0.05) is 0 Å². The summed E-state index contributed by atoms with van der Waals surface area (Å²) in [5, 5.41) is 0. The van der Waals surface area contributed by atoms with Gasteiger partial charge in [-0.2, -0.15) is 0 Å². The Balaban J connectivity index is 0. The fourth-order valence-electron chi connectivity index (χ4n) is 0. The van der Waals surface area contributed by atoms with E-state index in [1.54, 1.807) is 0 Å². The molecule has 2 nitrogen and oxygen atoms in total. The zero-order valence-corrected chi connectivity index (χ0v) is 7.14. The average molecular weight is 190 g/mol. The van der Waals surface area contributed by atoms with Crippen LogP contribution in [0.15, 0.2) is 0 Å². The van der Waals surface area contributed by atoms with Crippen LogP contribution in [0, 0.1) is 0 Å². The summed E-state index contributed by atoms with van der Waals surface area (Å²) in [6.07, 6.45) is 0. The molecule has 0 saturated heterocycles. The predicted octanol–water partition coefficient (Wildman–Crippen LogP) is -0.243. The van der Waals surface area contributed by atoms with Crippen LogP contribution in [0.5, 0.6) is 0 Å². The minimum absolute atomic E-state index is 0.125. The van der Waals surface area contributed by atoms with Gasteiger partial charge in [-0.3, -0.25) is 0 Å². The quantitative estimate of drug-likeness (QED) is 0.494. The maximum atomic E-state index is 8.38. The molecule has 0 aliphatic heterocycles. The number of hydrogen-bond acceptors (Lipinski definition) is 2. The van der Waals surface area contributed by atoms with Gasteiger partial charge in [0.15, 0.2) is 0 Å². The van der Waals surface area contributed by atoms with Crippen LogP contribution >= 0.6 is 0 Å². The molecule has 0 atom stereocenters. The molecule has 0 aromatic carbocycles. The monoisotopic (exact) mass is 189 g/mol. The molecule has 0 aromatic rings. The van der Waals surface area contributed by atoms with E-state index in [2.05, 4.69) is 0 Å². The summed E-state index contributed by atoms with van der Waals surface area (Å²) in [5.41, 5.74) is 0. The molecule has 0 unspecified atom stereocenters. The first kappa shape index (κ1) is 8.88. The molecule has 0 rings (SSSR count). The van der Waals surface area contributed by atoms with E-state index in [0.717, 1.165) is 0 Å². The van der Waals surface area contributed by atoms with E-state index in [0.29, 0.717) is 21.0 Å². The molecule has 0 heterocycles. The Morgan fingerprint density at radius 3 is 1.25 bits per heavy atom. The molecule has 0 spiro atoms. The Kier molecular flexibility index (Phi) is 83.2. The van der Waals surface area contributed by atoms with Crippen molar-refractivity contribution < 1.29 is 46.1 Å². The van der Waals surface area contributed by atoms with Gasteiger partial charge < -0.3 is 0 Å². The van der Waals surface area contributed by atoms with E-state index in [4.69, 9.17) is 6.82 Å². The molecule has 19 valence electrons. The second-order valence-electron chi connectivity index (χ2n) is 0. The van der Waals surface area contributed by atoms with Gasteiger partial charge >= 0.3 is 46.1 Å². The normalized spacial score (nSPS) is 2.25. The third-order valence-electron chi connectivity index (χ3n) is 0. The van der Waals surface area contributed by atoms with Crippen molar-refractivity contribution in [1.82, 2.24) is 0 Å². The summed E-state index contributed by atoms with van der Waals surface area (Å²) in [7, 11) is 0. The molecule has 0 fully saturated rings. The third kappa shape index (κ3) is 12.3. The summed E-state index contributed by atoms with van der Waals surface area (Å²) in [6.45, 7) is 0. The summed E-state index contributed by atoms with van der Waals surface area (Å²) >= 11 is 0.625. The van der Waals surface area contributed by atoms with Gasteiger partial charge in [0.1, 0.15) is 0 Å². The summed E-state index contributed by atoms with van der Waals surface area (Å²) in [5.74, 6) is 0. The van der Waals surface area contributed by atoms with E-state index in [9.17, 15) is 0 Å². The van der Waals surface area contributed by atoms with E-state index < -0.39 is 0 Å². The molecule has 0 saturated carbocycles. The van der Waals surface area contributed by atoms with E-state index in [-0.39, 0.29) is 18.3 Å². The van der Waals surface area contributed by atoms with Crippen molar-refractivity contribution in [3.63, 3.8) is 0 Å². The zero-order valence-electron chi connectivity index (χ0n) is 1.97. The Bertz CT molecular complexity index is 8.00. The van der Waals surface area contributed by atoms with Crippen LogP contribution in [0.3, 0.4) is 0 Å². The molecular formula is NbO2Zn. The van der Waals surface area contributed by atoms with Crippen LogP contribution in [0.1, 0.15) is 0 Å². The first-order valence-electron chi connectivity index (χ1n) is 0.471. The minimum atomic E-state index is 0.125. The Hall–Kier alpha value is 0.964. The number of hydrogen-bond donors (Lipinski definition) is 0. The van der Waals surface area contributed by atoms with Gasteiger partial charge in [-0.25, -0.2) is 0 Å². The second kappa shape index (κ2) is 37.5. The molecule has 0 N–H and O–H groups in total. The van der Waals surface area contributed by atoms with Gasteiger partial charge in [0, 0.05) is 0 Å². The van der Waals surface area contributed by atoms with Gasteiger partial charge in [-0.15, -0.1) is 0 Å². The van der Waals surface area contributed by atoms with Crippen LogP contribution in [-0.2, 0) is 46.1 Å². The van der Waals surface area contributed by atoms with Crippen molar-refractivity contribution in [2.75, 3.05) is 0 Å². The maximum absolute atomic E-state index is 8.38. The molecule has 4 heavy (non-hydrogen) atoms. The molecule has 0 aliphatic carbocycles. The third-order valence-corrected chi connectivity index (χ3v) is 0. The van der Waals surface area contributed by atoms with E-state index in [1.165, 1.54) is 0 Å². The fraction of sp³-hybridized carbons (Fsp3) is 0. The topological polar surface area (TPSA) is 34.1 Å². The molecule has 0 radical (unpaired) electrons. The van der Waals surface area contributed by atoms with E-state index >= 15 is 0 Å². The SMILES string of the molecule is [O]=[Nb].[O]=[Zn]. The van der Waals surface area contributed by atoms with Crippen molar-refractivity contribution in [2.45, 2.75) is 0 Å². The molecular weight excluding hydrogens is 190 g/mol. The van der Waals surface area contributed by atoms with Crippen molar-refractivity contribution in [2.24, 2.45) is 0 Å². The van der Waals surface area contributed by atoms with Crippen molar-refractivity contribution >= 4 is 0 Å². The summed E-state index contributed by atoms with van der Waals surface area (Å²) in [4.78, 5) is 0. The average Bonchev–Trinajstić information content (AvgIpc) is 1.50. The Morgan fingerprint density at radius 2 is 1.25 bits per heavy atom. The summed E-state index contributed by atoms with van der Waals surface area (Å²) < 4.78 is 16.7. The number of rotatable bonds is 0. The van der Waals surface area contributed by atoms with Gasteiger partial charge in [-0.05, 0) is 0 Å². The molecule has 4 heteroatoms. The first-order chi connectivity index (χ1) is 2.00. The van der Waals surface area contributed by atoms with Crippen molar-refractivity contribution in [1.29, 1.82) is 0 Å². The van der Waals surface area contributed by atoms with Crippen LogP contribution in [-0.4, -0.2) is 0 Å². The Labute approximate surface area is 46.2 Å². The molecule has 0 aliphatic rings. The second-order valence-corrected chi connectivity index (χ2v) is 0. The standard InChI is InChI=1S/Nb.2O.Zn. The van der Waals surface area contributed by atoms with Crippen LogP contribution in [0.25, 0.3) is 0 Å². The van der Waals surface area contributed by atoms with Gasteiger partial charge in [0.05, 0.1) is 0 Å². The molecule has 0 amide bonds. The Morgan fingerprint density at radius 1 is 1.25 bits per heavy atom. The van der Waals surface area contributed by atoms with Gasteiger partial charge in [0.25, 0.3) is 0 Å². The van der Waals surface area contributed by atoms with Crippen LogP contribution in [0.4, 0.5) is 0 Å². The van der Waals surface area contributed by atoms with Crippen molar-refractivity contribution in [3.05, 3.63) is 0 Å². The summed E-state index contributed by atoms with van der Waals surface area (Å²) in [6, 6.07) is 0. The van der Waals surface area contributed by atoms with Crippen LogP contribution in [0.2, 0.25) is 0 Å².